The van der Waals surface area contributed by atoms with Crippen LogP contribution in [-0.2, 0) is 13.6 Å². The molecule has 0 amide bonds. The Labute approximate surface area is 96.1 Å². The highest BCUT2D eigenvalue weighted by atomic mass is 15.3. The Hall–Kier alpha value is -1.77. The molecule has 3 heteroatoms. The summed E-state index contributed by atoms with van der Waals surface area (Å²) < 4.78 is 1.89. The van der Waals surface area contributed by atoms with Gasteiger partial charge in [0.1, 0.15) is 0 Å². The van der Waals surface area contributed by atoms with E-state index in [9.17, 15) is 0 Å². The summed E-state index contributed by atoms with van der Waals surface area (Å²) in [6, 6.07) is 8.47. The number of rotatable bonds is 3. The van der Waals surface area contributed by atoms with Crippen molar-refractivity contribution in [3.05, 3.63) is 47.3 Å². The summed E-state index contributed by atoms with van der Waals surface area (Å²) in [6.45, 7) is 5.03. The maximum atomic E-state index is 4.15. The standard InChI is InChI=1S/C13H17N3/c1-10-4-5-11(2)13(8-10)14-9-12-6-7-15-16(12)3/h4-8,14H,9H2,1-3H3. The molecule has 0 aliphatic rings. The van der Waals surface area contributed by atoms with E-state index in [2.05, 4.69) is 42.5 Å². The highest BCUT2D eigenvalue weighted by Gasteiger charge is 2.01. The summed E-state index contributed by atoms with van der Waals surface area (Å²) in [4.78, 5) is 0. The molecule has 0 atom stereocenters. The van der Waals surface area contributed by atoms with Crippen LogP contribution in [0.4, 0.5) is 5.69 Å². The van der Waals surface area contributed by atoms with Crippen molar-refractivity contribution in [2.24, 2.45) is 7.05 Å². The molecule has 0 fully saturated rings. The second kappa shape index (κ2) is 4.39. The molecule has 2 rings (SSSR count). The molecule has 0 aliphatic heterocycles. The van der Waals surface area contributed by atoms with E-state index in [1.165, 1.54) is 22.5 Å². The molecule has 3 nitrogen and oxygen atoms in total. The first-order valence-corrected chi connectivity index (χ1v) is 5.45. The van der Waals surface area contributed by atoms with E-state index in [0.29, 0.717) is 0 Å². The first kappa shape index (κ1) is 10.7. The average molecular weight is 215 g/mol. The van der Waals surface area contributed by atoms with Gasteiger partial charge in [-0.15, -0.1) is 0 Å². The third kappa shape index (κ3) is 2.24. The Morgan fingerprint density at radius 2 is 2.06 bits per heavy atom. The van der Waals surface area contributed by atoms with Gasteiger partial charge in [-0.1, -0.05) is 12.1 Å². The van der Waals surface area contributed by atoms with Crippen LogP contribution in [0.25, 0.3) is 0 Å². The number of anilines is 1. The maximum Gasteiger partial charge on any atom is 0.0571 e. The zero-order valence-corrected chi connectivity index (χ0v) is 9.99. The summed E-state index contributed by atoms with van der Waals surface area (Å²) >= 11 is 0. The van der Waals surface area contributed by atoms with Crippen molar-refractivity contribution >= 4 is 5.69 Å². The molecular weight excluding hydrogens is 198 g/mol. The van der Waals surface area contributed by atoms with E-state index in [-0.39, 0.29) is 0 Å². The fraction of sp³-hybridized carbons (Fsp3) is 0.308. The third-order valence-electron chi connectivity index (χ3n) is 2.78. The van der Waals surface area contributed by atoms with Crippen molar-refractivity contribution in [3.8, 4) is 0 Å². The quantitative estimate of drug-likeness (QED) is 0.853. The van der Waals surface area contributed by atoms with Gasteiger partial charge < -0.3 is 5.32 Å². The fourth-order valence-electron chi connectivity index (χ4n) is 1.69. The van der Waals surface area contributed by atoms with Gasteiger partial charge in [-0.3, -0.25) is 4.68 Å². The lowest BCUT2D eigenvalue weighted by Crippen LogP contribution is -2.06. The number of nitrogens with zero attached hydrogens (tertiary/aromatic N) is 2. The van der Waals surface area contributed by atoms with Crippen molar-refractivity contribution in [1.82, 2.24) is 9.78 Å². The molecule has 0 unspecified atom stereocenters. The normalized spacial score (nSPS) is 10.4. The van der Waals surface area contributed by atoms with E-state index in [1.807, 2.05) is 24.0 Å². The molecule has 0 saturated carbocycles. The number of hydrogen-bond donors (Lipinski definition) is 1. The largest absolute Gasteiger partial charge is 0.379 e. The average Bonchev–Trinajstić information content (AvgIpc) is 2.66. The number of nitrogens with one attached hydrogen (secondary N) is 1. The molecule has 1 aromatic heterocycles. The van der Waals surface area contributed by atoms with Crippen LogP contribution in [0.15, 0.2) is 30.5 Å². The molecule has 0 bridgehead atoms. The number of benzene rings is 1. The molecule has 0 spiro atoms. The second-order valence-electron chi connectivity index (χ2n) is 4.12. The molecular formula is C13H17N3. The van der Waals surface area contributed by atoms with Crippen LogP contribution in [0.1, 0.15) is 16.8 Å². The molecule has 1 N–H and O–H groups in total. The van der Waals surface area contributed by atoms with Crippen molar-refractivity contribution in [2.75, 3.05) is 5.32 Å². The van der Waals surface area contributed by atoms with E-state index in [4.69, 9.17) is 0 Å². The number of hydrogen-bond acceptors (Lipinski definition) is 2. The molecule has 1 aromatic carbocycles. The second-order valence-corrected chi connectivity index (χ2v) is 4.12. The molecule has 0 aliphatic carbocycles. The topological polar surface area (TPSA) is 29.9 Å². The van der Waals surface area contributed by atoms with E-state index < -0.39 is 0 Å². The predicted octanol–water partition coefficient (Wildman–Crippen LogP) is 2.65. The smallest absolute Gasteiger partial charge is 0.0571 e. The first-order chi connectivity index (χ1) is 7.66. The van der Waals surface area contributed by atoms with Gasteiger partial charge in [-0.2, -0.15) is 5.10 Å². The Kier molecular flexibility index (Phi) is 2.95. The van der Waals surface area contributed by atoms with Crippen LogP contribution >= 0.6 is 0 Å². The Bertz CT molecular complexity index is 486. The minimum Gasteiger partial charge on any atom is -0.379 e. The van der Waals surface area contributed by atoms with Crippen molar-refractivity contribution in [3.63, 3.8) is 0 Å². The van der Waals surface area contributed by atoms with Gasteiger partial charge >= 0.3 is 0 Å². The lowest BCUT2D eigenvalue weighted by molar-refractivity contribution is 0.720. The lowest BCUT2D eigenvalue weighted by atomic mass is 10.1. The Morgan fingerprint density at radius 1 is 1.25 bits per heavy atom. The highest BCUT2D eigenvalue weighted by molar-refractivity contribution is 5.52. The Balaban J connectivity index is 2.10. The molecule has 1 heterocycles. The first-order valence-electron chi connectivity index (χ1n) is 5.45. The molecule has 0 radical (unpaired) electrons. The summed E-state index contributed by atoms with van der Waals surface area (Å²) in [5.41, 5.74) is 4.92. The van der Waals surface area contributed by atoms with Crippen molar-refractivity contribution < 1.29 is 0 Å². The summed E-state index contributed by atoms with van der Waals surface area (Å²) in [6.07, 6.45) is 1.82. The third-order valence-corrected chi connectivity index (χ3v) is 2.78. The fourth-order valence-corrected chi connectivity index (χ4v) is 1.69. The van der Waals surface area contributed by atoms with Crippen LogP contribution < -0.4 is 5.32 Å². The van der Waals surface area contributed by atoms with Gasteiger partial charge in [0.05, 0.1) is 12.2 Å². The number of aromatic nitrogens is 2. The van der Waals surface area contributed by atoms with Gasteiger partial charge in [-0.25, -0.2) is 0 Å². The lowest BCUT2D eigenvalue weighted by Gasteiger charge is -2.10. The van der Waals surface area contributed by atoms with Crippen molar-refractivity contribution in [2.45, 2.75) is 20.4 Å². The summed E-state index contributed by atoms with van der Waals surface area (Å²) in [5, 5.41) is 7.58. The van der Waals surface area contributed by atoms with E-state index in [1.54, 1.807) is 0 Å². The zero-order valence-electron chi connectivity index (χ0n) is 9.99. The zero-order chi connectivity index (χ0) is 11.5. The molecule has 2 aromatic rings. The molecule has 84 valence electrons. The summed E-state index contributed by atoms with van der Waals surface area (Å²) in [7, 11) is 1.96. The van der Waals surface area contributed by atoms with Crippen LogP contribution in [0.3, 0.4) is 0 Å². The number of aryl methyl sites for hydroxylation is 3. The molecule has 16 heavy (non-hydrogen) atoms. The molecule has 0 saturated heterocycles. The summed E-state index contributed by atoms with van der Waals surface area (Å²) in [5.74, 6) is 0. The van der Waals surface area contributed by atoms with Gasteiger partial charge in [0, 0.05) is 18.9 Å². The minimum atomic E-state index is 0.806. The monoisotopic (exact) mass is 215 g/mol. The SMILES string of the molecule is Cc1ccc(C)c(NCc2ccnn2C)c1. The van der Waals surface area contributed by atoms with Crippen LogP contribution in [0, 0.1) is 13.8 Å². The highest BCUT2D eigenvalue weighted by Crippen LogP contribution is 2.17. The maximum absolute atomic E-state index is 4.15. The van der Waals surface area contributed by atoms with Gasteiger partial charge in [0.2, 0.25) is 0 Å². The van der Waals surface area contributed by atoms with E-state index >= 15 is 0 Å². The Morgan fingerprint density at radius 3 is 2.75 bits per heavy atom. The van der Waals surface area contributed by atoms with Crippen LogP contribution in [-0.4, -0.2) is 9.78 Å². The van der Waals surface area contributed by atoms with Crippen LogP contribution in [0.5, 0.6) is 0 Å². The van der Waals surface area contributed by atoms with Crippen LogP contribution in [0.2, 0.25) is 0 Å². The minimum absolute atomic E-state index is 0.806. The van der Waals surface area contributed by atoms with Gasteiger partial charge in [0.25, 0.3) is 0 Å². The van der Waals surface area contributed by atoms with Crippen molar-refractivity contribution in [1.29, 1.82) is 0 Å². The van der Waals surface area contributed by atoms with Gasteiger partial charge in [-0.05, 0) is 37.1 Å². The van der Waals surface area contributed by atoms with Gasteiger partial charge in [0.15, 0.2) is 0 Å². The van der Waals surface area contributed by atoms with E-state index in [0.717, 1.165) is 6.54 Å². The predicted molar refractivity (Wildman–Crippen MR) is 66.5 cm³/mol.